The van der Waals surface area contributed by atoms with Gasteiger partial charge in [-0.1, -0.05) is 29.8 Å². The molecule has 2 rings (SSSR count). The Hall–Kier alpha value is -1.62. The number of hydrogen-bond acceptors (Lipinski definition) is 4. The second kappa shape index (κ2) is 6.52. The Kier molecular flexibility index (Phi) is 4.74. The number of methoxy groups -OCH3 is 1. The van der Waals surface area contributed by atoms with Gasteiger partial charge in [0, 0.05) is 17.3 Å². The third kappa shape index (κ3) is 3.67. The molecule has 0 amide bonds. The maximum Gasteiger partial charge on any atom is 0.212 e. The second-order valence-electron chi connectivity index (χ2n) is 4.19. The first kappa shape index (κ1) is 13.8. The van der Waals surface area contributed by atoms with E-state index in [1.54, 1.807) is 13.3 Å². The zero-order valence-electron chi connectivity index (χ0n) is 10.6. The topological polar surface area (TPSA) is 60.2 Å². The van der Waals surface area contributed by atoms with Gasteiger partial charge in [0.15, 0.2) is 0 Å². The van der Waals surface area contributed by atoms with E-state index in [-0.39, 0.29) is 6.04 Å². The minimum Gasteiger partial charge on any atom is -0.481 e. The summed E-state index contributed by atoms with van der Waals surface area (Å²) >= 11 is 5.99. The minimum atomic E-state index is -0.00565. The number of ether oxygens (including phenoxy) is 1. The Bertz CT molecular complexity index is 530. The predicted molar refractivity (Wildman–Crippen MR) is 76.0 cm³/mol. The van der Waals surface area contributed by atoms with Crippen molar-refractivity contribution >= 4 is 11.6 Å². The molecule has 19 heavy (non-hydrogen) atoms. The molecule has 2 aromatic rings. The van der Waals surface area contributed by atoms with E-state index >= 15 is 0 Å². The maximum atomic E-state index is 5.99. The predicted octanol–water partition coefficient (Wildman–Crippen LogP) is 2.49. The first-order chi connectivity index (χ1) is 9.22. The molecule has 0 radical (unpaired) electrons. The Morgan fingerprint density at radius 3 is 2.79 bits per heavy atom. The van der Waals surface area contributed by atoms with Crippen LogP contribution in [0.2, 0.25) is 5.02 Å². The molecule has 4 nitrogen and oxygen atoms in total. The fraction of sp³-hybridized carbons (Fsp3) is 0.214. The standard InChI is InChI=1S/C14H16ClN3O/c1-19-14-6-5-10(9-17-14)7-13(18-16)11-3-2-4-12(15)8-11/h2-6,8-9,13,18H,7,16H2,1H3. The normalized spacial score (nSPS) is 12.2. The first-order valence-electron chi connectivity index (χ1n) is 5.93. The summed E-state index contributed by atoms with van der Waals surface area (Å²) in [6.07, 6.45) is 2.52. The highest BCUT2D eigenvalue weighted by molar-refractivity contribution is 6.30. The molecule has 1 aromatic carbocycles. The molecule has 3 N–H and O–H groups in total. The van der Waals surface area contributed by atoms with Gasteiger partial charge in [-0.3, -0.25) is 11.3 Å². The highest BCUT2D eigenvalue weighted by atomic mass is 35.5. The van der Waals surface area contributed by atoms with Crippen LogP contribution in [0.25, 0.3) is 0 Å². The van der Waals surface area contributed by atoms with Gasteiger partial charge in [-0.25, -0.2) is 4.98 Å². The number of nitrogens with two attached hydrogens (primary N) is 1. The van der Waals surface area contributed by atoms with Crippen LogP contribution in [0, 0.1) is 0 Å². The molecule has 1 heterocycles. The molecule has 100 valence electrons. The SMILES string of the molecule is COc1ccc(CC(NN)c2cccc(Cl)c2)cn1. The smallest absolute Gasteiger partial charge is 0.212 e. The zero-order chi connectivity index (χ0) is 13.7. The zero-order valence-corrected chi connectivity index (χ0v) is 11.4. The van der Waals surface area contributed by atoms with Crippen molar-refractivity contribution in [2.75, 3.05) is 7.11 Å². The Morgan fingerprint density at radius 1 is 1.37 bits per heavy atom. The lowest BCUT2D eigenvalue weighted by Crippen LogP contribution is -2.29. The largest absolute Gasteiger partial charge is 0.481 e. The Labute approximate surface area is 117 Å². The molecule has 0 bridgehead atoms. The van der Waals surface area contributed by atoms with Crippen LogP contribution in [0.5, 0.6) is 5.88 Å². The average molecular weight is 278 g/mol. The van der Waals surface area contributed by atoms with Gasteiger partial charge in [-0.2, -0.15) is 0 Å². The van der Waals surface area contributed by atoms with E-state index in [1.807, 2.05) is 36.4 Å². The first-order valence-corrected chi connectivity index (χ1v) is 6.31. The van der Waals surface area contributed by atoms with Crippen molar-refractivity contribution in [1.82, 2.24) is 10.4 Å². The minimum absolute atomic E-state index is 0.00565. The van der Waals surface area contributed by atoms with Gasteiger partial charge in [0.1, 0.15) is 0 Å². The molecular weight excluding hydrogens is 262 g/mol. The summed E-state index contributed by atoms with van der Waals surface area (Å²) in [5, 5.41) is 0.700. The van der Waals surface area contributed by atoms with E-state index < -0.39 is 0 Å². The van der Waals surface area contributed by atoms with Crippen LogP contribution < -0.4 is 16.0 Å². The van der Waals surface area contributed by atoms with Gasteiger partial charge >= 0.3 is 0 Å². The van der Waals surface area contributed by atoms with Crippen LogP contribution in [0.3, 0.4) is 0 Å². The second-order valence-corrected chi connectivity index (χ2v) is 4.62. The van der Waals surface area contributed by atoms with Gasteiger partial charge in [-0.05, 0) is 29.7 Å². The van der Waals surface area contributed by atoms with Crippen molar-refractivity contribution in [1.29, 1.82) is 0 Å². The maximum absolute atomic E-state index is 5.99. The lowest BCUT2D eigenvalue weighted by molar-refractivity contribution is 0.397. The lowest BCUT2D eigenvalue weighted by atomic mass is 10.0. The molecule has 1 unspecified atom stereocenters. The number of hydrazine groups is 1. The van der Waals surface area contributed by atoms with Gasteiger partial charge in [-0.15, -0.1) is 0 Å². The monoisotopic (exact) mass is 277 g/mol. The van der Waals surface area contributed by atoms with E-state index in [1.165, 1.54) is 0 Å². The number of nitrogens with one attached hydrogen (secondary N) is 1. The van der Waals surface area contributed by atoms with E-state index in [4.69, 9.17) is 22.2 Å². The van der Waals surface area contributed by atoms with Crippen molar-refractivity contribution < 1.29 is 4.74 Å². The van der Waals surface area contributed by atoms with E-state index in [9.17, 15) is 0 Å². The molecule has 1 atom stereocenters. The molecule has 1 aromatic heterocycles. The fourth-order valence-electron chi connectivity index (χ4n) is 1.88. The number of benzene rings is 1. The van der Waals surface area contributed by atoms with Crippen LogP contribution in [0.15, 0.2) is 42.6 Å². The Balaban J connectivity index is 2.14. The summed E-state index contributed by atoms with van der Waals surface area (Å²) in [5.74, 6) is 6.22. The summed E-state index contributed by atoms with van der Waals surface area (Å²) in [7, 11) is 1.60. The highest BCUT2D eigenvalue weighted by Crippen LogP contribution is 2.21. The molecule has 0 saturated heterocycles. The number of hydrogen-bond donors (Lipinski definition) is 2. The fourth-order valence-corrected chi connectivity index (χ4v) is 2.08. The molecule has 0 aliphatic rings. The van der Waals surface area contributed by atoms with Crippen LogP contribution in [-0.4, -0.2) is 12.1 Å². The summed E-state index contributed by atoms with van der Waals surface area (Å²) < 4.78 is 5.03. The van der Waals surface area contributed by atoms with Gasteiger partial charge in [0.25, 0.3) is 0 Å². The number of aromatic nitrogens is 1. The molecule has 0 saturated carbocycles. The van der Waals surface area contributed by atoms with E-state index in [0.717, 1.165) is 17.5 Å². The molecular formula is C14H16ClN3O. The van der Waals surface area contributed by atoms with Crippen LogP contribution in [-0.2, 0) is 6.42 Å². The molecule has 0 aliphatic heterocycles. The molecule has 0 aliphatic carbocycles. The summed E-state index contributed by atoms with van der Waals surface area (Å²) in [6.45, 7) is 0. The number of halogens is 1. The quantitative estimate of drug-likeness (QED) is 0.651. The highest BCUT2D eigenvalue weighted by Gasteiger charge is 2.11. The number of rotatable bonds is 5. The van der Waals surface area contributed by atoms with Crippen molar-refractivity contribution in [3.05, 3.63) is 58.7 Å². The molecule has 0 fully saturated rings. The van der Waals surface area contributed by atoms with Gasteiger partial charge in [0.2, 0.25) is 5.88 Å². The number of pyridine rings is 1. The van der Waals surface area contributed by atoms with Crippen molar-refractivity contribution in [3.8, 4) is 5.88 Å². The van der Waals surface area contributed by atoms with Crippen molar-refractivity contribution in [2.24, 2.45) is 5.84 Å². The third-order valence-corrected chi connectivity index (χ3v) is 3.13. The van der Waals surface area contributed by atoms with Gasteiger partial charge in [0.05, 0.1) is 13.2 Å². The van der Waals surface area contributed by atoms with Crippen LogP contribution in [0.1, 0.15) is 17.2 Å². The van der Waals surface area contributed by atoms with Gasteiger partial charge < -0.3 is 4.74 Å². The summed E-state index contributed by atoms with van der Waals surface area (Å²) in [4.78, 5) is 4.18. The van der Waals surface area contributed by atoms with Crippen LogP contribution in [0.4, 0.5) is 0 Å². The van der Waals surface area contributed by atoms with Crippen molar-refractivity contribution in [3.63, 3.8) is 0 Å². The lowest BCUT2D eigenvalue weighted by Gasteiger charge is -2.16. The molecule has 5 heteroatoms. The van der Waals surface area contributed by atoms with E-state index in [2.05, 4.69) is 10.4 Å². The van der Waals surface area contributed by atoms with Crippen LogP contribution >= 0.6 is 11.6 Å². The molecule has 0 spiro atoms. The summed E-state index contributed by atoms with van der Waals surface area (Å²) in [5.41, 5.74) is 4.92. The third-order valence-electron chi connectivity index (χ3n) is 2.90. The summed E-state index contributed by atoms with van der Waals surface area (Å²) in [6, 6.07) is 11.5. The average Bonchev–Trinajstić information content (AvgIpc) is 2.45. The van der Waals surface area contributed by atoms with E-state index in [0.29, 0.717) is 10.9 Å². The van der Waals surface area contributed by atoms with Crippen molar-refractivity contribution in [2.45, 2.75) is 12.5 Å². The number of nitrogens with zero attached hydrogens (tertiary/aromatic N) is 1. The Morgan fingerprint density at radius 2 is 2.21 bits per heavy atom.